The summed E-state index contributed by atoms with van der Waals surface area (Å²) in [6.07, 6.45) is 0. The lowest BCUT2D eigenvalue weighted by molar-refractivity contribution is 0.173. The first-order valence-corrected chi connectivity index (χ1v) is 19.4. The van der Waals surface area contributed by atoms with E-state index in [1.807, 2.05) is 17.4 Å². The number of rotatable bonds is 3. The summed E-state index contributed by atoms with van der Waals surface area (Å²) in [4.78, 5) is 4.93. The van der Waals surface area contributed by atoms with E-state index in [4.69, 9.17) is 28.4 Å². The molecule has 0 aliphatic carbocycles. The van der Waals surface area contributed by atoms with Crippen LogP contribution in [-0.2, 0) is 5.41 Å². The summed E-state index contributed by atoms with van der Waals surface area (Å²) in [6, 6.07) is 24.6. The molecule has 0 amide bonds. The van der Waals surface area contributed by atoms with Crippen LogP contribution in [0.3, 0.4) is 0 Å². The van der Waals surface area contributed by atoms with Gasteiger partial charge >= 0.3 is 0 Å². The molecule has 0 bridgehead atoms. The number of nitrogens with zero attached hydrogens (tertiary/aromatic N) is 2. The highest BCUT2D eigenvalue weighted by atomic mass is 32.1. The van der Waals surface area contributed by atoms with E-state index in [1.165, 1.54) is 42.6 Å². The number of thiophene rings is 1. The molecule has 10 heteroatoms. The molecule has 0 radical (unpaired) electrons. The predicted octanol–water partition coefficient (Wildman–Crippen LogP) is 9.21. The molecule has 0 spiro atoms. The standard InChI is InChI=1S/C44H39BN2O6S/c1-22(2)25-13-31-39-32(14-25)47(40-23(3)12-37-42(24(40)4)53-21-52-37)41-28-15-26(44(5,6)7)8-11-38(28)54-43(41)45(39)29-17-35-36(51-20-50-35)18-30(29)46(31)27-9-10-33-34(16-27)49-19-48-33/h8-18,22H,19-21H2,1-7H3. The van der Waals surface area contributed by atoms with Gasteiger partial charge in [-0.25, -0.2) is 0 Å². The molecule has 5 aliphatic rings. The molecule has 5 aromatic carbocycles. The minimum Gasteiger partial charge on any atom is -0.454 e. The number of hydrogen-bond acceptors (Lipinski definition) is 9. The Morgan fingerprint density at radius 1 is 0.667 bits per heavy atom. The molecule has 1 aromatic heterocycles. The fourth-order valence-corrected chi connectivity index (χ4v) is 10.2. The second-order valence-electron chi connectivity index (χ2n) is 16.2. The van der Waals surface area contributed by atoms with Crippen molar-refractivity contribution in [1.82, 2.24) is 0 Å². The van der Waals surface area contributed by atoms with Crippen LogP contribution < -0.4 is 53.9 Å². The molecule has 0 unspecified atom stereocenters. The van der Waals surface area contributed by atoms with Crippen molar-refractivity contribution in [3.05, 3.63) is 89.0 Å². The number of hydrogen-bond donors (Lipinski definition) is 0. The van der Waals surface area contributed by atoms with Gasteiger partial charge in [-0.3, -0.25) is 0 Å². The van der Waals surface area contributed by atoms with Gasteiger partial charge in [0.05, 0.1) is 17.1 Å². The highest BCUT2D eigenvalue weighted by Crippen LogP contribution is 2.54. The SMILES string of the molecule is Cc1cc2c(c(C)c1N1c3cc(C(C)C)cc4c3B(c3cc5c(cc3N4c3ccc4c(c3)OCO4)OCO5)c3sc4ccc(C(C)(C)C)cc4c31)OCO2. The predicted molar refractivity (Wildman–Crippen MR) is 216 cm³/mol. The summed E-state index contributed by atoms with van der Waals surface area (Å²) in [7, 11) is 0. The van der Waals surface area contributed by atoms with Crippen LogP contribution in [0.1, 0.15) is 62.8 Å². The van der Waals surface area contributed by atoms with Crippen molar-refractivity contribution in [3.8, 4) is 34.5 Å². The molecule has 54 heavy (non-hydrogen) atoms. The fourth-order valence-electron chi connectivity index (χ4n) is 8.93. The third-order valence-electron chi connectivity index (χ3n) is 11.6. The second-order valence-corrected chi connectivity index (χ2v) is 17.3. The zero-order chi connectivity index (χ0) is 36.8. The van der Waals surface area contributed by atoms with Crippen LogP contribution in [0.5, 0.6) is 34.5 Å². The van der Waals surface area contributed by atoms with E-state index < -0.39 is 0 Å². The van der Waals surface area contributed by atoms with E-state index in [0.717, 1.165) is 74.1 Å². The van der Waals surface area contributed by atoms with Gasteiger partial charge in [0.1, 0.15) is 0 Å². The van der Waals surface area contributed by atoms with Gasteiger partial charge in [0.2, 0.25) is 20.4 Å². The first kappa shape index (κ1) is 32.0. The van der Waals surface area contributed by atoms with E-state index in [9.17, 15) is 0 Å². The van der Waals surface area contributed by atoms with Crippen molar-refractivity contribution < 1.29 is 28.4 Å². The first-order chi connectivity index (χ1) is 26.0. The molecule has 0 saturated carbocycles. The van der Waals surface area contributed by atoms with Crippen LogP contribution >= 0.6 is 11.3 Å². The molecule has 11 rings (SSSR count). The van der Waals surface area contributed by atoms with Gasteiger partial charge in [0, 0.05) is 49.6 Å². The quantitative estimate of drug-likeness (QED) is 0.167. The van der Waals surface area contributed by atoms with Crippen molar-refractivity contribution in [2.75, 3.05) is 30.2 Å². The monoisotopic (exact) mass is 734 g/mol. The number of aryl methyl sites for hydroxylation is 1. The third kappa shape index (κ3) is 4.37. The summed E-state index contributed by atoms with van der Waals surface area (Å²) < 4.78 is 38.5. The Hall–Kier alpha value is -5.48. The van der Waals surface area contributed by atoms with E-state index in [2.05, 4.69) is 119 Å². The topological polar surface area (TPSA) is 61.9 Å². The molecule has 6 heterocycles. The average Bonchev–Trinajstić information content (AvgIpc) is 3.96. The Labute approximate surface area is 318 Å². The van der Waals surface area contributed by atoms with Crippen LogP contribution in [0.15, 0.2) is 66.7 Å². The minimum absolute atomic E-state index is 0.0244. The first-order valence-electron chi connectivity index (χ1n) is 18.6. The molecular weight excluding hydrogens is 695 g/mol. The number of fused-ring (bicyclic) bond motifs is 9. The summed E-state index contributed by atoms with van der Waals surface area (Å²) in [5.41, 5.74) is 13.8. The highest BCUT2D eigenvalue weighted by Gasteiger charge is 2.47. The molecule has 0 fully saturated rings. The molecule has 6 aromatic rings. The van der Waals surface area contributed by atoms with Crippen molar-refractivity contribution in [2.24, 2.45) is 0 Å². The normalized spacial score (nSPS) is 15.7. The maximum Gasteiger partial charge on any atom is 0.264 e. The van der Waals surface area contributed by atoms with Crippen molar-refractivity contribution >= 4 is 78.0 Å². The minimum atomic E-state index is -0.0673. The van der Waals surface area contributed by atoms with Crippen molar-refractivity contribution in [1.29, 1.82) is 0 Å². The molecule has 5 aliphatic heterocycles. The maximum atomic E-state index is 6.16. The van der Waals surface area contributed by atoms with Gasteiger partial charge in [-0.1, -0.05) is 40.7 Å². The number of ether oxygens (including phenoxy) is 6. The van der Waals surface area contributed by atoms with Gasteiger partial charge in [0.15, 0.2) is 34.5 Å². The lowest BCUT2D eigenvalue weighted by Crippen LogP contribution is -2.60. The summed E-state index contributed by atoms with van der Waals surface area (Å²) in [5, 5.41) is 1.25. The van der Waals surface area contributed by atoms with Crippen molar-refractivity contribution in [2.45, 2.75) is 59.8 Å². The second kappa shape index (κ2) is 11.0. The van der Waals surface area contributed by atoms with Crippen LogP contribution in [0, 0.1) is 13.8 Å². The van der Waals surface area contributed by atoms with Gasteiger partial charge in [-0.05, 0) is 101 Å². The number of benzene rings is 5. The van der Waals surface area contributed by atoms with Crippen LogP contribution in [0.4, 0.5) is 34.1 Å². The van der Waals surface area contributed by atoms with Gasteiger partial charge in [-0.2, -0.15) is 0 Å². The van der Waals surface area contributed by atoms with Crippen molar-refractivity contribution in [3.63, 3.8) is 0 Å². The molecule has 270 valence electrons. The number of anilines is 6. The average molecular weight is 735 g/mol. The summed E-state index contributed by atoms with van der Waals surface area (Å²) in [5.74, 6) is 4.87. The Morgan fingerprint density at radius 3 is 2.11 bits per heavy atom. The summed E-state index contributed by atoms with van der Waals surface area (Å²) in [6.45, 7) is 16.3. The Balaban J connectivity index is 1.29. The lowest BCUT2D eigenvalue weighted by atomic mass is 9.36. The Kier molecular flexibility index (Phi) is 6.54. The highest BCUT2D eigenvalue weighted by molar-refractivity contribution is 7.33. The molecule has 8 nitrogen and oxygen atoms in total. The maximum absolute atomic E-state index is 6.16. The van der Waals surface area contributed by atoms with Gasteiger partial charge in [-0.15, -0.1) is 11.3 Å². The largest absolute Gasteiger partial charge is 0.454 e. The third-order valence-corrected chi connectivity index (χ3v) is 12.8. The Morgan fingerprint density at radius 2 is 1.35 bits per heavy atom. The van der Waals surface area contributed by atoms with E-state index >= 15 is 0 Å². The lowest BCUT2D eigenvalue weighted by Gasteiger charge is -2.44. The van der Waals surface area contributed by atoms with Crippen LogP contribution in [-0.4, -0.2) is 27.1 Å². The van der Waals surface area contributed by atoms with Gasteiger partial charge < -0.3 is 38.2 Å². The fraction of sp³-hybridized carbons (Fsp3) is 0.273. The van der Waals surface area contributed by atoms with Gasteiger partial charge in [0.25, 0.3) is 6.71 Å². The van der Waals surface area contributed by atoms with E-state index in [-0.39, 0.29) is 38.4 Å². The van der Waals surface area contributed by atoms with E-state index in [0.29, 0.717) is 0 Å². The Bertz CT molecular complexity index is 2630. The zero-order valence-corrected chi connectivity index (χ0v) is 32.2. The molecular formula is C44H39BN2O6S. The smallest absolute Gasteiger partial charge is 0.264 e. The van der Waals surface area contributed by atoms with Crippen LogP contribution in [0.2, 0.25) is 0 Å². The zero-order valence-electron chi connectivity index (χ0n) is 31.4. The van der Waals surface area contributed by atoms with Crippen LogP contribution in [0.25, 0.3) is 10.1 Å². The molecule has 0 atom stereocenters. The van der Waals surface area contributed by atoms with E-state index in [1.54, 1.807) is 0 Å². The molecule has 0 saturated heterocycles. The summed E-state index contributed by atoms with van der Waals surface area (Å²) >= 11 is 1.89. The molecule has 0 N–H and O–H groups in total.